The predicted octanol–water partition coefficient (Wildman–Crippen LogP) is 4.53. The van der Waals surface area contributed by atoms with Gasteiger partial charge in [0.25, 0.3) is 0 Å². The number of carbonyl (C=O) groups excluding carboxylic acids is 3. The van der Waals surface area contributed by atoms with Gasteiger partial charge in [0.2, 0.25) is 11.8 Å². The highest BCUT2D eigenvalue weighted by Crippen LogP contribution is 2.55. The number of carbonyl (C=O) groups is 3. The van der Waals surface area contributed by atoms with Crippen molar-refractivity contribution in [3.05, 3.63) is 89.5 Å². The van der Waals surface area contributed by atoms with Crippen LogP contribution in [0.5, 0.6) is 17.2 Å². The van der Waals surface area contributed by atoms with Gasteiger partial charge in [-0.2, -0.15) is 0 Å². The van der Waals surface area contributed by atoms with Gasteiger partial charge in [-0.1, -0.05) is 42.5 Å². The second-order valence-corrected chi connectivity index (χ2v) is 9.55. The lowest BCUT2D eigenvalue weighted by Gasteiger charge is -2.38. The molecule has 1 fully saturated rings. The highest BCUT2D eigenvalue weighted by Gasteiger charge is 2.60. The third kappa shape index (κ3) is 3.45. The summed E-state index contributed by atoms with van der Waals surface area (Å²) >= 11 is 0. The summed E-state index contributed by atoms with van der Waals surface area (Å²) in [5, 5.41) is 0. The Balaban J connectivity index is 1.55. The van der Waals surface area contributed by atoms with Crippen LogP contribution in [0.4, 0.5) is 5.69 Å². The molecular weight excluding hydrogens is 470 g/mol. The molecule has 2 heterocycles. The van der Waals surface area contributed by atoms with E-state index in [9.17, 15) is 14.4 Å². The topological polar surface area (TPSA) is 82.1 Å². The van der Waals surface area contributed by atoms with E-state index in [2.05, 4.69) is 0 Å². The number of para-hydroxylation sites is 2. The van der Waals surface area contributed by atoms with E-state index in [0.717, 1.165) is 22.3 Å². The summed E-state index contributed by atoms with van der Waals surface area (Å²) in [6, 6.07) is 20.1. The maximum atomic E-state index is 14.1. The first-order valence-electron chi connectivity index (χ1n) is 12.1. The molecule has 3 aromatic carbocycles. The number of fused-ring (bicyclic) bond motifs is 5. The van der Waals surface area contributed by atoms with Crippen molar-refractivity contribution < 1.29 is 28.6 Å². The van der Waals surface area contributed by atoms with Gasteiger partial charge in [0, 0.05) is 11.5 Å². The molecule has 3 aliphatic rings. The molecule has 0 saturated carbocycles. The van der Waals surface area contributed by atoms with E-state index in [1.807, 2.05) is 55.5 Å². The molecule has 2 amide bonds. The molecule has 0 N–H and O–H groups in total. The van der Waals surface area contributed by atoms with E-state index in [4.69, 9.17) is 14.2 Å². The van der Waals surface area contributed by atoms with Crippen LogP contribution in [-0.2, 0) is 14.4 Å². The molecule has 4 atom stereocenters. The fourth-order valence-electron chi connectivity index (χ4n) is 5.87. The summed E-state index contributed by atoms with van der Waals surface area (Å²) in [6.45, 7) is 1.93. The van der Waals surface area contributed by atoms with Crippen LogP contribution in [0.2, 0.25) is 0 Å². The molecule has 0 unspecified atom stereocenters. The third-order valence-electron chi connectivity index (χ3n) is 7.58. The monoisotopic (exact) mass is 495 g/mol. The number of ether oxygens (including phenoxy) is 3. The van der Waals surface area contributed by atoms with Crippen molar-refractivity contribution in [2.24, 2.45) is 17.8 Å². The number of aryl methyl sites for hydroxylation is 1. The molecule has 0 bridgehead atoms. The summed E-state index contributed by atoms with van der Waals surface area (Å²) < 4.78 is 16.5. The van der Waals surface area contributed by atoms with Gasteiger partial charge in [0.15, 0.2) is 0 Å². The standard InChI is InChI=1S/C30H25NO6/c1-16-8-13-19-21-15-20(17-9-11-18(35-2)12-10-17)25-27(26(21)30(34)37-24(19)14-16)29(33)31(28(25)32)22-6-4-5-7-23(22)36-3/h4-15,20,25-27H,1-3H3/t20-,25-,26-,27+/m0/s1. The van der Waals surface area contributed by atoms with E-state index in [0.29, 0.717) is 22.9 Å². The Morgan fingerprint density at radius 3 is 2.30 bits per heavy atom. The van der Waals surface area contributed by atoms with Crippen molar-refractivity contribution in [2.75, 3.05) is 19.1 Å². The van der Waals surface area contributed by atoms with Gasteiger partial charge >= 0.3 is 5.97 Å². The number of allylic oxidation sites excluding steroid dienone is 1. The maximum absolute atomic E-state index is 14.1. The number of amides is 2. The van der Waals surface area contributed by atoms with Crippen LogP contribution < -0.4 is 19.1 Å². The zero-order valence-corrected chi connectivity index (χ0v) is 20.6. The second-order valence-electron chi connectivity index (χ2n) is 9.55. The smallest absolute Gasteiger partial charge is 0.319 e. The minimum Gasteiger partial charge on any atom is -0.497 e. The van der Waals surface area contributed by atoms with Gasteiger partial charge in [0.05, 0.1) is 37.7 Å². The van der Waals surface area contributed by atoms with Crippen molar-refractivity contribution in [3.63, 3.8) is 0 Å². The molecule has 0 radical (unpaired) electrons. The third-order valence-corrected chi connectivity index (χ3v) is 7.58. The average Bonchev–Trinajstić information content (AvgIpc) is 3.17. The lowest BCUT2D eigenvalue weighted by molar-refractivity contribution is -0.142. The van der Waals surface area contributed by atoms with Crippen LogP contribution in [0.3, 0.4) is 0 Å². The number of rotatable bonds is 4. The lowest BCUT2D eigenvalue weighted by atomic mass is 9.64. The SMILES string of the molecule is COc1ccc([C@@H]2C=C3c4ccc(C)cc4OC(=O)[C@@H]3[C@@H]3C(=O)N(c4ccccc4OC)C(=O)[C@H]32)cc1. The number of methoxy groups -OCH3 is 2. The first-order chi connectivity index (χ1) is 17.9. The largest absolute Gasteiger partial charge is 0.497 e. The minimum atomic E-state index is -0.911. The highest BCUT2D eigenvalue weighted by molar-refractivity contribution is 6.25. The van der Waals surface area contributed by atoms with Gasteiger partial charge in [-0.15, -0.1) is 0 Å². The zero-order chi connectivity index (χ0) is 25.8. The highest BCUT2D eigenvalue weighted by atomic mass is 16.5. The van der Waals surface area contributed by atoms with E-state index < -0.39 is 35.5 Å². The average molecular weight is 496 g/mol. The van der Waals surface area contributed by atoms with Crippen LogP contribution in [0.1, 0.15) is 22.6 Å². The predicted molar refractivity (Wildman–Crippen MR) is 136 cm³/mol. The van der Waals surface area contributed by atoms with E-state index in [-0.39, 0.29) is 5.91 Å². The Hall–Kier alpha value is -4.39. The molecule has 6 rings (SSSR count). The van der Waals surface area contributed by atoms with Gasteiger partial charge < -0.3 is 14.2 Å². The molecule has 2 aliphatic heterocycles. The van der Waals surface area contributed by atoms with Gasteiger partial charge in [-0.05, 0) is 54.0 Å². The molecule has 1 saturated heterocycles. The van der Waals surface area contributed by atoms with Gasteiger partial charge in [-0.3, -0.25) is 14.4 Å². The van der Waals surface area contributed by atoms with Crippen LogP contribution in [0.15, 0.2) is 72.8 Å². The Morgan fingerprint density at radius 1 is 0.838 bits per heavy atom. The summed E-state index contributed by atoms with van der Waals surface area (Å²) in [6.07, 6.45) is 1.97. The fourth-order valence-corrected chi connectivity index (χ4v) is 5.87. The molecule has 37 heavy (non-hydrogen) atoms. The van der Waals surface area contributed by atoms with Crippen LogP contribution in [0, 0.1) is 24.7 Å². The Labute approximate surface area is 214 Å². The zero-order valence-electron chi connectivity index (χ0n) is 20.6. The quantitative estimate of drug-likeness (QED) is 0.300. The molecule has 7 heteroatoms. The fraction of sp³-hybridized carbons (Fsp3) is 0.233. The summed E-state index contributed by atoms with van der Waals surface area (Å²) in [4.78, 5) is 42.7. The molecule has 0 aromatic heterocycles. The number of esters is 1. The number of hydrogen-bond donors (Lipinski definition) is 0. The number of anilines is 1. The Morgan fingerprint density at radius 2 is 1.57 bits per heavy atom. The minimum absolute atomic E-state index is 0.363. The van der Waals surface area contributed by atoms with Crippen molar-refractivity contribution in [1.29, 1.82) is 0 Å². The van der Waals surface area contributed by atoms with Crippen molar-refractivity contribution in [1.82, 2.24) is 0 Å². The van der Waals surface area contributed by atoms with E-state index in [1.54, 1.807) is 31.4 Å². The molecule has 3 aromatic rings. The first-order valence-corrected chi connectivity index (χ1v) is 12.1. The van der Waals surface area contributed by atoms with E-state index >= 15 is 0 Å². The normalized spacial score (nSPS) is 24.0. The van der Waals surface area contributed by atoms with Crippen molar-refractivity contribution in [2.45, 2.75) is 12.8 Å². The number of hydrogen-bond acceptors (Lipinski definition) is 6. The van der Waals surface area contributed by atoms with Gasteiger partial charge in [-0.25, -0.2) is 4.90 Å². The van der Waals surface area contributed by atoms with Crippen molar-refractivity contribution in [3.8, 4) is 17.2 Å². The summed E-state index contributed by atoms with van der Waals surface area (Å²) in [5.74, 6) is -2.75. The Kier molecular flexibility index (Phi) is 5.37. The van der Waals surface area contributed by atoms with Crippen LogP contribution >= 0.6 is 0 Å². The number of benzene rings is 3. The van der Waals surface area contributed by atoms with Crippen molar-refractivity contribution >= 4 is 29.0 Å². The molecule has 7 nitrogen and oxygen atoms in total. The maximum Gasteiger partial charge on any atom is 0.319 e. The van der Waals surface area contributed by atoms with Crippen LogP contribution in [0.25, 0.3) is 5.57 Å². The molecular formula is C30H25NO6. The summed E-state index contributed by atoms with van der Waals surface area (Å²) in [7, 11) is 3.09. The van der Waals surface area contributed by atoms with Crippen LogP contribution in [-0.4, -0.2) is 32.0 Å². The lowest BCUT2D eigenvalue weighted by Crippen LogP contribution is -2.42. The van der Waals surface area contributed by atoms with Gasteiger partial charge in [0.1, 0.15) is 17.2 Å². The second kappa shape index (κ2) is 8.62. The first kappa shape index (κ1) is 23.0. The molecule has 0 spiro atoms. The Bertz CT molecular complexity index is 1470. The summed E-state index contributed by atoms with van der Waals surface area (Å²) in [5.41, 5.74) is 3.67. The molecule has 186 valence electrons. The number of nitrogens with zero attached hydrogens (tertiary/aromatic N) is 1. The molecule has 1 aliphatic carbocycles. The number of imide groups is 1. The van der Waals surface area contributed by atoms with E-state index in [1.165, 1.54) is 12.0 Å².